The van der Waals surface area contributed by atoms with Gasteiger partial charge in [0.25, 0.3) is 0 Å². The molecule has 26 heavy (non-hydrogen) atoms. The molecule has 0 spiro atoms. The molecular weight excluding hydrogens is 339 g/mol. The Balaban J connectivity index is 1.83. The minimum Gasteiger partial charge on any atom is -0.399 e. The quantitative estimate of drug-likeness (QED) is 0.417. The molecule has 1 aromatic heterocycles. The highest BCUT2D eigenvalue weighted by molar-refractivity contribution is 7.26. The van der Waals surface area contributed by atoms with Gasteiger partial charge < -0.3 is 9.31 Å². The average molecular weight is 360 g/mol. The fourth-order valence-electron chi connectivity index (χ4n) is 3.78. The van der Waals surface area contributed by atoms with Crippen LogP contribution in [0, 0.1) is 0 Å². The summed E-state index contributed by atoms with van der Waals surface area (Å²) in [6, 6.07) is 19.5. The zero-order valence-electron chi connectivity index (χ0n) is 15.5. The zero-order valence-corrected chi connectivity index (χ0v) is 16.3. The maximum Gasteiger partial charge on any atom is 0.495 e. The van der Waals surface area contributed by atoms with E-state index >= 15 is 0 Å². The van der Waals surface area contributed by atoms with E-state index < -0.39 is 0 Å². The first-order valence-electron chi connectivity index (χ1n) is 9.06. The van der Waals surface area contributed by atoms with Gasteiger partial charge >= 0.3 is 7.12 Å². The van der Waals surface area contributed by atoms with Crippen LogP contribution in [0.5, 0.6) is 0 Å². The first-order chi connectivity index (χ1) is 12.4. The van der Waals surface area contributed by atoms with Crippen LogP contribution in [-0.2, 0) is 9.31 Å². The fraction of sp³-hybridized carbons (Fsp3) is 0.273. The zero-order chi connectivity index (χ0) is 18.1. The minimum atomic E-state index is -0.347. The molecule has 1 aliphatic rings. The van der Waals surface area contributed by atoms with Gasteiger partial charge in [-0.15, -0.1) is 11.3 Å². The number of fused-ring (bicyclic) bond motifs is 5. The topological polar surface area (TPSA) is 18.5 Å². The Morgan fingerprint density at radius 1 is 0.731 bits per heavy atom. The van der Waals surface area contributed by atoms with Crippen molar-refractivity contribution in [1.82, 2.24) is 0 Å². The smallest absolute Gasteiger partial charge is 0.399 e. The first-order valence-corrected chi connectivity index (χ1v) is 9.88. The standard InChI is InChI=1S/C22H21BO2S/c1-21(2)22(3,4)25-23(24-21)16-10-7-11-17-20(16)19-15-9-6-5-8-14(15)12-13-18(19)26-17/h5-13H,1-4H3. The van der Waals surface area contributed by atoms with Crippen molar-refractivity contribution in [2.75, 3.05) is 0 Å². The van der Waals surface area contributed by atoms with Crippen LogP contribution in [0.25, 0.3) is 30.9 Å². The highest BCUT2D eigenvalue weighted by Gasteiger charge is 2.52. The summed E-state index contributed by atoms with van der Waals surface area (Å²) in [5.41, 5.74) is 0.449. The van der Waals surface area contributed by atoms with Crippen LogP contribution < -0.4 is 5.46 Å². The van der Waals surface area contributed by atoms with E-state index in [1.165, 1.54) is 30.9 Å². The molecule has 0 atom stereocenters. The van der Waals surface area contributed by atoms with Gasteiger partial charge in [-0.25, -0.2) is 0 Å². The van der Waals surface area contributed by atoms with Crippen molar-refractivity contribution in [3.8, 4) is 0 Å². The van der Waals surface area contributed by atoms with Crippen molar-refractivity contribution >= 4 is 54.9 Å². The van der Waals surface area contributed by atoms with Crippen molar-refractivity contribution in [3.63, 3.8) is 0 Å². The lowest BCUT2D eigenvalue weighted by atomic mass is 9.76. The average Bonchev–Trinajstić information content (AvgIpc) is 3.09. The van der Waals surface area contributed by atoms with Crippen LogP contribution in [-0.4, -0.2) is 18.3 Å². The number of hydrogen-bond acceptors (Lipinski definition) is 3. The van der Waals surface area contributed by atoms with Crippen molar-refractivity contribution in [2.24, 2.45) is 0 Å². The molecule has 0 saturated carbocycles. The van der Waals surface area contributed by atoms with Crippen LogP contribution in [0.2, 0.25) is 0 Å². The van der Waals surface area contributed by atoms with E-state index in [4.69, 9.17) is 9.31 Å². The van der Waals surface area contributed by atoms with Gasteiger partial charge in [-0.3, -0.25) is 0 Å². The molecule has 0 N–H and O–H groups in total. The van der Waals surface area contributed by atoms with Gasteiger partial charge in [0.15, 0.2) is 0 Å². The third-order valence-corrected chi connectivity index (χ3v) is 7.05. The molecule has 0 aliphatic carbocycles. The Labute approximate surface area is 157 Å². The number of hydrogen-bond donors (Lipinski definition) is 0. The second-order valence-electron chi connectivity index (χ2n) is 8.07. The van der Waals surface area contributed by atoms with Crippen molar-refractivity contribution in [2.45, 2.75) is 38.9 Å². The van der Waals surface area contributed by atoms with Gasteiger partial charge in [0.2, 0.25) is 0 Å². The molecule has 5 rings (SSSR count). The second kappa shape index (κ2) is 5.32. The molecule has 2 nitrogen and oxygen atoms in total. The van der Waals surface area contributed by atoms with E-state index in [-0.39, 0.29) is 18.3 Å². The van der Waals surface area contributed by atoms with Gasteiger partial charge in [0.05, 0.1) is 11.2 Å². The number of thiophene rings is 1. The Morgan fingerprint density at radius 2 is 1.42 bits per heavy atom. The lowest BCUT2D eigenvalue weighted by Gasteiger charge is -2.32. The molecule has 130 valence electrons. The van der Waals surface area contributed by atoms with Crippen LogP contribution in [0.15, 0.2) is 54.6 Å². The Hall–Kier alpha value is -1.88. The molecule has 0 amide bonds. The molecular formula is C22H21BO2S. The van der Waals surface area contributed by atoms with E-state index in [0.717, 1.165) is 5.46 Å². The lowest BCUT2D eigenvalue weighted by molar-refractivity contribution is 0.00578. The number of benzene rings is 3. The molecule has 3 aromatic carbocycles. The van der Waals surface area contributed by atoms with Crippen molar-refractivity contribution in [3.05, 3.63) is 54.6 Å². The van der Waals surface area contributed by atoms with Crippen LogP contribution in [0.1, 0.15) is 27.7 Å². The predicted octanol–water partition coefficient (Wildman–Crippen LogP) is 5.51. The maximum atomic E-state index is 6.37. The molecule has 4 aromatic rings. The summed E-state index contributed by atoms with van der Waals surface area (Å²) < 4.78 is 15.3. The van der Waals surface area contributed by atoms with Crippen molar-refractivity contribution in [1.29, 1.82) is 0 Å². The molecule has 0 radical (unpaired) electrons. The molecule has 0 bridgehead atoms. The van der Waals surface area contributed by atoms with Crippen LogP contribution in [0.4, 0.5) is 0 Å². The largest absolute Gasteiger partial charge is 0.495 e. The summed E-state index contributed by atoms with van der Waals surface area (Å²) in [7, 11) is -0.347. The lowest BCUT2D eigenvalue weighted by Crippen LogP contribution is -2.41. The van der Waals surface area contributed by atoms with Gasteiger partial charge in [-0.05, 0) is 56.1 Å². The molecule has 0 unspecified atom stereocenters. The fourth-order valence-corrected chi connectivity index (χ4v) is 4.94. The summed E-state index contributed by atoms with van der Waals surface area (Å²) in [4.78, 5) is 0. The Kier molecular flexibility index (Phi) is 3.34. The highest BCUT2D eigenvalue weighted by atomic mass is 32.1. The summed E-state index contributed by atoms with van der Waals surface area (Å²) in [6.45, 7) is 8.42. The van der Waals surface area contributed by atoms with Gasteiger partial charge in [-0.1, -0.05) is 42.5 Å². The van der Waals surface area contributed by atoms with E-state index in [2.05, 4.69) is 82.3 Å². The Bertz CT molecular complexity index is 1140. The monoisotopic (exact) mass is 360 g/mol. The van der Waals surface area contributed by atoms with Crippen LogP contribution in [0.3, 0.4) is 0 Å². The second-order valence-corrected chi connectivity index (χ2v) is 9.15. The Morgan fingerprint density at radius 3 is 2.19 bits per heavy atom. The SMILES string of the molecule is CC1(C)OB(c2cccc3sc4ccc5ccccc5c4c23)OC1(C)C. The summed E-state index contributed by atoms with van der Waals surface area (Å²) in [5, 5.41) is 5.14. The molecule has 2 heterocycles. The first kappa shape index (κ1) is 16.3. The predicted molar refractivity (Wildman–Crippen MR) is 113 cm³/mol. The van der Waals surface area contributed by atoms with Gasteiger partial charge in [0.1, 0.15) is 0 Å². The molecule has 1 fully saturated rings. The van der Waals surface area contributed by atoms with Gasteiger partial charge in [-0.2, -0.15) is 0 Å². The maximum absolute atomic E-state index is 6.37. The van der Waals surface area contributed by atoms with E-state index in [1.807, 2.05) is 11.3 Å². The summed E-state index contributed by atoms with van der Waals surface area (Å²) in [5.74, 6) is 0. The van der Waals surface area contributed by atoms with Crippen molar-refractivity contribution < 1.29 is 9.31 Å². The number of rotatable bonds is 1. The highest BCUT2D eigenvalue weighted by Crippen LogP contribution is 2.40. The van der Waals surface area contributed by atoms with Crippen LogP contribution >= 0.6 is 11.3 Å². The normalized spacial score (nSPS) is 19.0. The summed E-state index contributed by atoms with van der Waals surface area (Å²) in [6.07, 6.45) is 0. The van der Waals surface area contributed by atoms with E-state index in [1.54, 1.807) is 0 Å². The summed E-state index contributed by atoms with van der Waals surface area (Å²) >= 11 is 1.84. The third kappa shape index (κ3) is 2.19. The molecule has 1 aliphatic heterocycles. The molecule has 4 heteroatoms. The third-order valence-electron chi connectivity index (χ3n) is 5.93. The van der Waals surface area contributed by atoms with Gasteiger partial charge in [0, 0.05) is 20.2 Å². The molecule has 1 saturated heterocycles. The van der Waals surface area contributed by atoms with E-state index in [0.29, 0.717) is 0 Å². The van der Waals surface area contributed by atoms with E-state index in [9.17, 15) is 0 Å². The minimum absolute atomic E-state index is 0.340.